The maximum Gasteiger partial charge on any atom is 0.209 e. The van der Waals surface area contributed by atoms with Crippen LogP contribution in [0.3, 0.4) is 0 Å². The van der Waals surface area contributed by atoms with Crippen molar-refractivity contribution in [2.45, 2.75) is 40.8 Å². The van der Waals surface area contributed by atoms with Crippen LogP contribution >= 0.6 is 0 Å². The normalized spacial score (nSPS) is 14.6. The Labute approximate surface area is 147 Å². The third-order valence-corrected chi connectivity index (χ3v) is 4.77. The number of nitrogens with zero attached hydrogens (tertiary/aromatic N) is 7. The topological polar surface area (TPSA) is 55.0 Å². The predicted molar refractivity (Wildman–Crippen MR) is 99.1 cm³/mol. The molecule has 2 aromatic heterocycles. The number of aromatic nitrogens is 5. The van der Waals surface area contributed by atoms with Crippen molar-refractivity contribution in [2.75, 3.05) is 23.1 Å². The van der Waals surface area contributed by atoms with Crippen LogP contribution in [-0.2, 0) is 6.67 Å². The number of hydrogen-bond acceptors (Lipinski definition) is 5. The molecular weight excluding hydrogens is 314 g/mol. The molecule has 3 aromatic rings. The number of rotatable bonds is 4. The Morgan fingerprint density at radius 3 is 2.48 bits per heavy atom. The molecule has 0 N–H and O–H groups in total. The van der Waals surface area contributed by atoms with E-state index in [1.165, 1.54) is 5.52 Å². The number of fused-ring (bicyclic) bond motifs is 3. The maximum atomic E-state index is 4.89. The first-order chi connectivity index (χ1) is 12.0. The number of imidazole rings is 1. The van der Waals surface area contributed by atoms with Crippen LogP contribution in [0.1, 0.15) is 31.9 Å². The van der Waals surface area contributed by atoms with Crippen molar-refractivity contribution >= 4 is 17.0 Å². The molecule has 0 radical (unpaired) electrons. The van der Waals surface area contributed by atoms with Crippen LogP contribution < -0.4 is 9.91 Å². The second-order valence-electron chi connectivity index (χ2n) is 7.17. The van der Waals surface area contributed by atoms with Gasteiger partial charge in [-0.15, -0.1) is 10.2 Å². The van der Waals surface area contributed by atoms with Gasteiger partial charge in [0.1, 0.15) is 25.0 Å². The Morgan fingerprint density at radius 1 is 1.04 bits per heavy atom. The summed E-state index contributed by atoms with van der Waals surface area (Å²) in [6, 6.07) is 8.35. The summed E-state index contributed by atoms with van der Waals surface area (Å²) in [5.41, 5.74) is 2.21. The highest BCUT2D eigenvalue weighted by molar-refractivity contribution is 5.79. The van der Waals surface area contributed by atoms with E-state index >= 15 is 0 Å². The molecule has 0 unspecified atom stereocenters. The summed E-state index contributed by atoms with van der Waals surface area (Å²) in [7, 11) is 0. The van der Waals surface area contributed by atoms with Gasteiger partial charge in [-0.25, -0.2) is 9.66 Å². The Morgan fingerprint density at radius 2 is 1.76 bits per heavy atom. The fourth-order valence-corrected chi connectivity index (χ4v) is 3.50. The third kappa shape index (κ3) is 2.73. The fourth-order valence-electron chi connectivity index (χ4n) is 3.50. The minimum atomic E-state index is 0.659. The second-order valence-corrected chi connectivity index (χ2v) is 7.17. The smallest absolute Gasteiger partial charge is 0.209 e. The summed E-state index contributed by atoms with van der Waals surface area (Å²) in [4.78, 5) is 7.26. The largest absolute Gasteiger partial charge is 0.323 e. The lowest BCUT2D eigenvalue weighted by molar-refractivity contribution is 0.434. The van der Waals surface area contributed by atoms with Crippen LogP contribution in [0.5, 0.6) is 0 Å². The Balaban J connectivity index is 1.77. The Kier molecular flexibility index (Phi) is 3.86. The lowest BCUT2D eigenvalue weighted by atomic mass is 10.1. The van der Waals surface area contributed by atoms with Crippen LogP contribution in [0.2, 0.25) is 0 Å². The van der Waals surface area contributed by atoms with Gasteiger partial charge in [0.05, 0.1) is 11.0 Å². The summed E-state index contributed by atoms with van der Waals surface area (Å²) >= 11 is 0. The second kappa shape index (κ2) is 6.06. The summed E-state index contributed by atoms with van der Waals surface area (Å²) in [5.74, 6) is 3.54. The summed E-state index contributed by atoms with van der Waals surface area (Å²) < 4.78 is 4.40. The molecule has 0 saturated carbocycles. The van der Waals surface area contributed by atoms with E-state index in [-0.39, 0.29) is 0 Å². The van der Waals surface area contributed by atoms with Gasteiger partial charge in [0.15, 0.2) is 0 Å². The van der Waals surface area contributed by atoms with Crippen molar-refractivity contribution in [1.29, 1.82) is 0 Å². The van der Waals surface area contributed by atoms with Gasteiger partial charge in [0, 0.05) is 6.54 Å². The number of para-hydroxylation sites is 2. The summed E-state index contributed by atoms with van der Waals surface area (Å²) in [6.07, 6.45) is 1.14. The molecule has 4 rings (SSSR count). The van der Waals surface area contributed by atoms with E-state index in [0.29, 0.717) is 5.92 Å². The van der Waals surface area contributed by atoms with E-state index in [2.05, 4.69) is 61.4 Å². The molecule has 0 bridgehead atoms. The van der Waals surface area contributed by atoms with Crippen molar-refractivity contribution in [2.24, 2.45) is 5.92 Å². The molecule has 0 atom stereocenters. The molecule has 3 heterocycles. The zero-order valence-corrected chi connectivity index (χ0v) is 15.3. The molecule has 132 valence electrons. The maximum absolute atomic E-state index is 4.89. The van der Waals surface area contributed by atoms with Gasteiger partial charge in [0.25, 0.3) is 0 Å². The lowest BCUT2D eigenvalue weighted by Crippen LogP contribution is -2.51. The monoisotopic (exact) mass is 339 g/mol. The van der Waals surface area contributed by atoms with Crippen LogP contribution in [-0.4, -0.2) is 37.6 Å². The van der Waals surface area contributed by atoms with E-state index in [1.807, 2.05) is 19.9 Å². The van der Waals surface area contributed by atoms with Gasteiger partial charge in [-0.2, -0.15) is 0 Å². The molecule has 7 heteroatoms. The van der Waals surface area contributed by atoms with Gasteiger partial charge in [-0.3, -0.25) is 9.58 Å². The van der Waals surface area contributed by atoms with Crippen LogP contribution in [0.4, 0.5) is 5.95 Å². The highest BCUT2D eigenvalue weighted by Crippen LogP contribution is 2.27. The van der Waals surface area contributed by atoms with Gasteiger partial charge in [-0.05, 0) is 38.3 Å². The van der Waals surface area contributed by atoms with E-state index in [9.17, 15) is 0 Å². The van der Waals surface area contributed by atoms with Gasteiger partial charge in [-0.1, -0.05) is 26.0 Å². The highest BCUT2D eigenvalue weighted by atomic mass is 15.7. The van der Waals surface area contributed by atoms with Gasteiger partial charge in [0.2, 0.25) is 5.95 Å². The quantitative estimate of drug-likeness (QED) is 0.731. The molecule has 0 saturated heterocycles. The molecule has 1 aliphatic rings. The molecule has 25 heavy (non-hydrogen) atoms. The lowest BCUT2D eigenvalue weighted by Gasteiger charge is -2.39. The third-order valence-electron chi connectivity index (χ3n) is 4.77. The first-order valence-electron chi connectivity index (χ1n) is 8.88. The average Bonchev–Trinajstić information content (AvgIpc) is 3.12. The molecule has 0 amide bonds. The minimum absolute atomic E-state index is 0.659. The molecule has 1 aromatic carbocycles. The highest BCUT2D eigenvalue weighted by Gasteiger charge is 2.27. The number of anilines is 1. The first kappa shape index (κ1) is 15.9. The summed E-state index contributed by atoms with van der Waals surface area (Å²) in [6.45, 7) is 11.0. The first-order valence-corrected chi connectivity index (χ1v) is 8.88. The predicted octanol–water partition coefficient (Wildman–Crippen LogP) is 2.66. The van der Waals surface area contributed by atoms with Crippen molar-refractivity contribution in [3.05, 3.63) is 35.9 Å². The Bertz CT molecular complexity index is 873. The average molecular weight is 339 g/mol. The van der Waals surface area contributed by atoms with Crippen LogP contribution in [0.15, 0.2) is 24.3 Å². The van der Waals surface area contributed by atoms with Gasteiger partial charge < -0.3 is 4.90 Å². The minimum Gasteiger partial charge on any atom is -0.323 e. The number of benzene rings is 1. The van der Waals surface area contributed by atoms with Crippen LogP contribution in [0.25, 0.3) is 11.0 Å². The number of hydrogen-bond donors (Lipinski definition) is 0. The van der Waals surface area contributed by atoms with Gasteiger partial charge >= 0.3 is 0 Å². The van der Waals surface area contributed by atoms with Crippen molar-refractivity contribution < 1.29 is 0 Å². The van der Waals surface area contributed by atoms with E-state index in [1.54, 1.807) is 0 Å². The van der Waals surface area contributed by atoms with Crippen molar-refractivity contribution in [3.8, 4) is 0 Å². The molecule has 0 aliphatic carbocycles. The van der Waals surface area contributed by atoms with Crippen molar-refractivity contribution in [3.63, 3.8) is 0 Å². The standard InChI is InChI=1S/C18H25N7/c1-13(2)9-10-22-11-23(25-14(3)20-21-15(25)4)12-24-17-8-6-5-7-16(17)19-18(22)24/h5-8,13H,9-12H2,1-4H3. The van der Waals surface area contributed by atoms with E-state index < -0.39 is 0 Å². The molecule has 0 fully saturated rings. The Hall–Kier alpha value is -2.57. The molecular formula is C18H25N7. The zero-order valence-electron chi connectivity index (χ0n) is 15.3. The number of aryl methyl sites for hydroxylation is 2. The zero-order chi connectivity index (χ0) is 17.6. The molecule has 1 aliphatic heterocycles. The fraction of sp³-hybridized carbons (Fsp3) is 0.500. The SMILES string of the molecule is Cc1nnc(C)n1N1CN(CCC(C)C)c2nc3ccccc3n2C1. The van der Waals surface area contributed by atoms with E-state index in [4.69, 9.17) is 4.98 Å². The molecule has 7 nitrogen and oxygen atoms in total. The molecule has 0 spiro atoms. The van der Waals surface area contributed by atoms with Crippen LogP contribution in [0, 0.1) is 19.8 Å². The van der Waals surface area contributed by atoms with E-state index in [0.717, 1.165) is 49.4 Å². The van der Waals surface area contributed by atoms with Crippen molar-refractivity contribution in [1.82, 2.24) is 24.4 Å². The summed E-state index contributed by atoms with van der Waals surface area (Å²) in [5, 5.41) is 10.7.